The lowest BCUT2D eigenvalue weighted by Gasteiger charge is -1.92. The molecule has 0 unspecified atom stereocenters. The molecule has 64 valence electrons. The van der Waals surface area contributed by atoms with Crippen LogP contribution in [0.3, 0.4) is 0 Å². The van der Waals surface area contributed by atoms with Crippen LogP contribution in [0.4, 0.5) is 0 Å². The zero-order valence-electron chi connectivity index (χ0n) is 6.04. The van der Waals surface area contributed by atoms with E-state index in [4.69, 9.17) is 0 Å². The van der Waals surface area contributed by atoms with Crippen molar-refractivity contribution in [1.82, 2.24) is 4.98 Å². The number of esters is 1. The predicted octanol–water partition coefficient (Wildman–Crippen LogP) is 1.50. The van der Waals surface area contributed by atoms with Gasteiger partial charge in [0, 0.05) is 0 Å². The number of halogens is 1. The largest absolute Gasteiger partial charge is 0.465 e. The van der Waals surface area contributed by atoms with Gasteiger partial charge in [0.1, 0.15) is 9.48 Å². The first-order valence-electron chi connectivity index (χ1n) is 2.89. The Morgan fingerprint density at radius 3 is 2.83 bits per heavy atom. The van der Waals surface area contributed by atoms with Gasteiger partial charge in [-0.05, 0) is 15.9 Å². The van der Waals surface area contributed by atoms with E-state index in [1.165, 1.54) is 7.11 Å². The highest BCUT2D eigenvalue weighted by molar-refractivity contribution is 9.10. The van der Waals surface area contributed by atoms with E-state index in [0.717, 1.165) is 11.3 Å². The molecule has 0 atom stereocenters. The van der Waals surface area contributed by atoms with Crippen LogP contribution >= 0.6 is 27.3 Å². The van der Waals surface area contributed by atoms with Crippen molar-refractivity contribution < 1.29 is 14.3 Å². The van der Waals surface area contributed by atoms with Gasteiger partial charge in [-0.15, -0.1) is 11.3 Å². The molecule has 0 aliphatic heterocycles. The average molecular weight is 250 g/mol. The highest BCUT2D eigenvalue weighted by Crippen LogP contribution is 2.22. The Morgan fingerprint density at radius 2 is 2.42 bits per heavy atom. The first-order chi connectivity index (χ1) is 5.69. The van der Waals surface area contributed by atoms with Crippen molar-refractivity contribution in [2.75, 3.05) is 7.11 Å². The number of aldehydes is 1. The summed E-state index contributed by atoms with van der Waals surface area (Å²) >= 11 is 4.03. The van der Waals surface area contributed by atoms with E-state index in [9.17, 15) is 9.59 Å². The zero-order valence-corrected chi connectivity index (χ0v) is 8.44. The molecule has 0 fully saturated rings. The van der Waals surface area contributed by atoms with Crippen LogP contribution in [0.2, 0.25) is 0 Å². The highest BCUT2D eigenvalue weighted by Gasteiger charge is 2.15. The highest BCUT2D eigenvalue weighted by atomic mass is 79.9. The second-order valence-corrected chi connectivity index (χ2v) is 3.56. The fraction of sp³-hybridized carbons (Fsp3) is 0.167. The molecule has 0 amide bonds. The maximum absolute atomic E-state index is 11.0. The number of carbonyl (C=O) groups excluding carboxylic acids is 2. The molecule has 12 heavy (non-hydrogen) atoms. The molecule has 0 bridgehead atoms. The third kappa shape index (κ3) is 1.70. The van der Waals surface area contributed by atoms with Crippen LogP contribution in [0.15, 0.2) is 4.60 Å². The molecule has 6 heteroatoms. The summed E-state index contributed by atoms with van der Waals surface area (Å²) in [6, 6.07) is 0. The molecule has 0 aliphatic carbocycles. The average Bonchev–Trinajstić information content (AvgIpc) is 2.45. The molecular weight excluding hydrogens is 246 g/mol. The number of hydrogen-bond acceptors (Lipinski definition) is 5. The minimum absolute atomic E-state index is 0.252. The number of hydrogen-bond donors (Lipinski definition) is 0. The van der Waals surface area contributed by atoms with Gasteiger partial charge < -0.3 is 4.74 Å². The van der Waals surface area contributed by atoms with Crippen LogP contribution in [-0.2, 0) is 4.74 Å². The SMILES string of the molecule is COC(=O)c1sc(C=O)nc1Br. The van der Waals surface area contributed by atoms with Gasteiger partial charge in [-0.25, -0.2) is 9.78 Å². The monoisotopic (exact) mass is 249 g/mol. The lowest BCUT2D eigenvalue weighted by Crippen LogP contribution is -1.98. The van der Waals surface area contributed by atoms with E-state index in [1.54, 1.807) is 0 Å². The van der Waals surface area contributed by atoms with E-state index in [-0.39, 0.29) is 5.01 Å². The fourth-order valence-electron chi connectivity index (χ4n) is 0.586. The summed E-state index contributed by atoms with van der Waals surface area (Å²) in [4.78, 5) is 25.3. The van der Waals surface area contributed by atoms with Gasteiger partial charge in [-0.3, -0.25) is 4.79 Å². The Balaban J connectivity index is 3.07. The molecule has 1 aromatic rings. The van der Waals surface area contributed by atoms with Gasteiger partial charge in [0.05, 0.1) is 7.11 Å². The summed E-state index contributed by atoms with van der Waals surface area (Å²) < 4.78 is 4.81. The normalized spacial score (nSPS) is 9.50. The standard InChI is InChI=1S/C6H4BrNO3S/c1-11-6(10)4-5(7)8-3(2-9)12-4/h2H,1H3. The maximum atomic E-state index is 11.0. The summed E-state index contributed by atoms with van der Waals surface area (Å²) in [5.74, 6) is -0.493. The number of thiazole rings is 1. The Morgan fingerprint density at radius 1 is 1.75 bits per heavy atom. The zero-order chi connectivity index (χ0) is 9.14. The molecule has 0 saturated heterocycles. The van der Waals surface area contributed by atoms with E-state index < -0.39 is 5.97 Å². The number of carbonyl (C=O) groups is 2. The third-order valence-corrected chi connectivity index (χ3v) is 2.87. The van der Waals surface area contributed by atoms with Crippen LogP contribution < -0.4 is 0 Å². The van der Waals surface area contributed by atoms with Crippen molar-refractivity contribution in [1.29, 1.82) is 0 Å². The van der Waals surface area contributed by atoms with Gasteiger partial charge in [0.25, 0.3) is 0 Å². The quantitative estimate of drug-likeness (QED) is 0.589. The number of ether oxygens (including phenoxy) is 1. The third-order valence-electron chi connectivity index (χ3n) is 1.07. The van der Waals surface area contributed by atoms with Crippen molar-refractivity contribution >= 4 is 39.5 Å². The lowest BCUT2D eigenvalue weighted by atomic mass is 10.6. The Hall–Kier alpha value is -0.750. The van der Waals surface area contributed by atoms with E-state index >= 15 is 0 Å². The van der Waals surface area contributed by atoms with Crippen LogP contribution in [0.5, 0.6) is 0 Å². The van der Waals surface area contributed by atoms with Crippen molar-refractivity contribution in [3.05, 3.63) is 14.5 Å². The Labute approximate surface area is 80.7 Å². The van der Waals surface area contributed by atoms with Gasteiger partial charge in [-0.2, -0.15) is 0 Å². The molecular formula is C6H4BrNO3S. The Kier molecular flexibility index (Phi) is 2.93. The van der Waals surface area contributed by atoms with Crippen molar-refractivity contribution in [3.8, 4) is 0 Å². The number of nitrogens with zero attached hydrogens (tertiary/aromatic N) is 1. The van der Waals surface area contributed by atoms with Gasteiger partial charge >= 0.3 is 5.97 Å². The van der Waals surface area contributed by atoms with Gasteiger partial charge in [-0.1, -0.05) is 0 Å². The summed E-state index contributed by atoms with van der Waals surface area (Å²) in [7, 11) is 1.27. The second kappa shape index (κ2) is 3.77. The molecule has 0 saturated carbocycles. The molecule has 0 aromatic carbocycles. The summed E-state index contributed by atoms with van der Waals surface area (Å²) in [6.45, 7) is 0. The smallest absolute Gasteiger partial charge is 0.350 e. The fourth-order valence-corrected chi connectivity index (χ4v) is 1.99. The second-order valence-electron chi connectivity index (χ2n) is 1.78. The number of rotatable bonds is 2. The van der Waals surface area contributed by atoms with E-state index in [0.29, 0.717) is 15.8 Å². The lowest BCUT2D eigenvalue weighted by molar-refractivity contribution is 0.0605. The van der Waals surface area contributed by atoms with Crippen molar-refractivity contribution in [2.24, 2.45) is 0 Å². The first kappa shape index (κ1) is 9.34. The van der Waals surface area contributed by atoms with Crippen molar-refractivity contribution in [2.45, 2.75) is 0 Å². The van der Waals surface area contributed by atoms with Crippen LogP contribution in [-0.4, -0.2) is 24.3 Å². The molecule has 1 aromatic heterocycles. The van der Waals surface area contributed by atoms with Crippen molar-refractivity contribution in [3.63, 3.8) is 0 Å². The van der Waals surface area contributed by atoms with Gasteiger partial charge in [0.15, 0.2) is 11.3 Å². The van der Waals surface area contributed by atoms with Crippen LogP contribution in [0.25, 0.3) is 0 Å². The first-order valence-corrected chi connectivity index (χ1v) is 4.49. The predicted molar refractivity (Wildman–Crippen MR) is 46.5 cm³/mol. The molecule has 4 nitrogen and oxygen atoms in total. The Bertz CT molecular complexity index is 323. The molecule has 0 spiro atoms. The van der Waals surface area contributed by atoms with Crippen LogP contribution in [0.1, 0.15) is 19.5 Å². The van der Waals surface area contributed by atoms with Gasteiger partial charge in [0.2, 0.25) is 0 Å². The number of methoxy groups -OCH3 is 1. The van der Waals surface area contributed by atoms with E-state index in [1.807, 2.05) is 0 Å². The van der Waals surface area contributed by atoms with E-state index in [2.05, 4.69) is 25.7 Å². The summed E-state index contributed by atoms with van der Waals surface area (Å²) in [5, 5.41) is 0.252. The molecule has 1 heterocycles. The summed E-state index contributed by atoms with van der Waals surface area (Å²) in [6.07, 6.45) is 0.585. The maximum Gasteiger partial charge on any atom is 0.350 e. The minimum Gasteiger partial charge on any atom is -0.465 e. The summed E-state index contributed by atoms with van der Waals surface area (Å²) in [5.41, 5.74) is 0. The molecule has 0 radical (unpaired) electrons. The number of aromatic nitrogens is 1. The molecule has 0 aliphatic rings. The molecule has 0 N–H and O–H groups in total. The van der Waals surface area contributed by atoms with Crippen LogP contribution in [0, 0.1) is 0 Å². The molecule has 1 rings (SSSR count). The topological polar surface area (TPSA) is 56.3 Å². The minimum atomic E-state index is -0.493.